The molecule has 2 heteroatoms. The fourth-order valence-electron chi connectivity index (χ4n) is 3.29. The summed E-state index contributed by atoms with van der Waals surface area (Å²) in [5.41, 5.74) is 2.63. The molecule has 2 nitrogen and oxygen atoms in total. The highest BCUT2D eigenvalue weighted by Crippen LogP contribution is 2.29. The van der Waals surface area contributed by atoms with Crippen LogP contribution in [0.4, 0.5) is 0 Å². The van der Waals surface area contributed by atoms with Crippen LogP contribution in [0.2, 0.25) is 0 Å². The van der Waals surface area contributed by atoms with Crippen LogP contribution >= 0.6 is 0 Å². The van der Waals surface area contributed by atoms with Crippen molar-refractivity contribution in [2.24, 2.45) is 5.92 Å². The first-order valence-corrected chi connectivity index (χ1v) is 7.66. The van der Waals surface area contributed by atoms with Gasteiger partial charge in [-0.3, -0.25) is 4.79 Å². The maximum Gasteiger partial charge on any atom is 0.224 e. The lowest BCUT2D eigenvalue weighted by molar-refractivity contribution is -0.122. The Kier molecular flexibility index (Phi) is 4.49. The van der Waals surface area contributed by atoms with Crippen LogP contribution in [-0.4, -0.2) is 11.4 Å². The van der Waals surface area contributed by atoms with E-state index >= 15 is 0 Å². The number of nitrogens with one attached hydrogen (secondary N) is 1. The zero-order chi connectivity index (χ0) is 13.9. The highest BCUT2D eigenvalue weighted by molar-refractivity contribution is 5.79. The zero-order valence-corrected chi connectivity index (χ0v) is 12.6. The molecular formula is C17H27NO. The van der Waals surface area contributed by atoms with Gasteiger partial charge in [-0.2, -0.15) is 0 Å². The van der Waals surface area contributed by atoms with Gasteiger partial charge >= 0.3 is 0 Å². The maximum atomic E-state index is 12.3. The average molecular weight is 261 g/mol. The molecule has 1 N–H and O–H groups in total. The molecule has 1 unspecified atom stereocenters. The van der Waals surface area contributed by atoms with E-state index in [0.717, 1.165) is 19.3 Å². The van der Waals surface area contributed by atoms with E-state index in [2.05, 4.69) is 38.2 Å². The molecule has 1 atom stereocenters. The molecule has 1 amide bonds. The van der Waals surface area contributed by atoms with E-state index in [1.807, 2.05) is 0 Å². The molecule has 0 aromatic rings. The van der Waals surface area contributed by atoms with Gasteiger partial charge in [-0.15, -0.1) is 0 Å². The monoisotopic (exact) mass is 261 g/mol. The van der Waals surface area contributed by atoms with Crippen molar-refractivity contribution in [2.45, 2.75) is 71.3 Å². The van der Waals surface area contributed by atoms with Crippen LogP contribution in [0.1, 0.15) is 65.7 Å². The molecule has 0 bridgehead atoms. The summed E-state index contributed by atoms with van der Waals surface area (Å²) < 4.78 is 0. The number of carbonyl (C=O) groups is 1. The van der Waals surface area contributed by atoms with Gasteiger partial charge in [-0.05, 0) is 39.0 Å². The Bertz CT molecular complexity index is 399. The van der Waals surface area contributed by atoms with Crippen LogP contribution in [0.15, 0.2) is 23.3 Å². The van der Waals surface area contributed by atoms with Crippen molar-refractivity contribution >= 4 is 5.91 Å². The summed E-state index contributed by atoms with van der Waals surface area (Å²) in [5, 5.41) is 3.28. The number of rotatable bonds is 3. The maximum absolute atomic E-state index is 12.3. The number of carbonyl (C=O) groups excluding carboxylic acids is 1. The predicted molar refractivity (Wildman–Crippen MR) is 79.9 cm³/mol. The Balaban J connectivity index is 1.92. The molecule has 106 valence electrons. The van der Waals surface area contributed by atoms with E-state index in [1.165, 1.54) is 30.4 Å². The summed E-state index contributed by atoms with van der Waals surface area (Å²) in [6.45, 7) is 6.53. The molecule has 0 aromatic carbocycles. The molecule has 0 aliphatic heterocycles. The second kappa shape index (κ2) is 5.94. The molecule has 0 radical (unpaired) electrons. The van der Waals surface area contributed by atoms with Crippen molar-refractivity contribution in [2.75, 3.05) is 0 Å². The topological polar surface area (TPSA) is 29.1 Å². The second-order valence-electron chi connectivity index (χ2n) is 6.67. The van der Waals surface area contributed by atoms with Crippen molar-refractivity contribution in [1.29, 1.82) is 0 Å². The Morgan fingerprint density at radius 3 is 2.74 bits per heavy atom. The lowest BCUT2D eigenvalue weighted by atomic mass is 9.83. The van der Waals surface area contributed by atoms with Gasteiger partial charge in [-0.25, -0.2) is 0 Å². The molecule has 19 heavy (non-hydrogen) atoms. The molecular weight excluding hydrogens is 234 g/mol. The molecule has 1 saturated carbocycles. The Labute approximate surface area is 117 Å². The van der Waals surface area contributed by atoms with Crippen molar-refractivity contribution in [3.63, 3.8) is 0 Å². The third-order valence-electron chi connectivity index (χ3n) is 4.57. The normalized spacial score (nSPS) is 26.4. The van der Waals surface area contributed by atoms with E-state index < -0.39 is 0 Å². The highest BCUT2D eigenvalue weighted by Gasteiger charge is 2.28. The molecule has 2 aliphatic rings. The van der Waals surface area contributed by atoms with Gasteiger partial charge in [-0.1, -0.05) is 49.5 Å². The third kappa shape index (κ3) is 3.95. The molecule has 2 aliphatic carbocycles. The lowest BCUT2D eigenvalue weighted by Crippen LogP contribution is -2.47. The van der Waals surface area contributed by atoms with Crippen molar-refractivity contribution in [3.8, 4) is 0 Å². The second-order valence-corrected chi connectivity index (χ2v) is 6.67. The predicted octanol–water partition coefficient (Wildman–Crippen LogP) is 4.13. The minimum absolute atomic E-state index is 0.0416. The summed E-state index contributed by atoms with van der Waals surface area (Å²) in [6, 6.07) is 0. The van der Waals surface area contributed by atoms with E-state index in [0.29, 0.717) is 12.3 Å². The molecule has 1 fully saturated rings. The highest BCUT2D eigenvalue weighted by atomic mass is 16.1. The van der Waals surface area contributed by atoms with Gasteiger partial charge in [0.25, 0.3) is 0 Å². The smallest absolute Gasteiger partial charge is 0.224 e. The fourth-order valence-corrected chi connectivity index (χ4v) is 3.29. The van der Waals surface area contributed by atoms with Crippen molar-refractivity contribution < 1.29 is 4.79 Å². The van der Waals surface area contributed by atoms with E-state index in [4.69, 9.17) is 0 Å². The molecule has 2 rings (SSSR count). The average Bonchev–Trinajstić information content (AvgIpc) is 2.34. The van der Waals surface area contributed by atoms with Crippen molar-refractivity contribution in [3.05, 3.63) is 23.3 Å². The largest absolute Gasteiger partial charge is 0.351 e. The number of hydrogen-bond acceptors (Lipinski definition) is 1. The van der Waals surface area contributed by atoms with E-state index in [9.17, 15) is 4.79 Å². The van der Waals surface area contributed by atoms with Gasteiger partial charge in [0, 0.05) is 12.0 Å². The lowest BCUT2D eigenvalue weighted by Gasteiger charge is -2.35. The first-order chi connectivity index (χ1) is 8.98. The number of hydrogen-bond donors (Lipinski definition) is 1. The summed E-state index contributed by atoms with van der Waals surface area (Å²) >= 11 is 0. The minimum Gasteiger partial charge on any atom is -0.351 e. The standard InChI is InChI=1S/C17H27NO/c1-13-7-8-14(2)15(11-13)12-16(19)18-17(3)9-5-4-6-10-17/h7-8,13H,4-6,9-12H2,1-3H3,(H,18,19). The Morgan fingerprint density at radius 1 is 1.37 bits per heavy atom. The zero-order valence-electron chi connectivity index (χ0n) is 12.6. The van der Waals surface area contributed by atoms with Crippen LogP contribution < -0.4 is 5.32 Å². The van der Waals surface area contributed by atoms with Gasteiger partial charge < -0.3 is 5.32 Å². The summed E-state index contributed by atoms with van der Waals surface area (Å²) in [5.74, 6) is 0.776. The van der Waals surface area contributed by atoms with Crippen LogP contribution in [0.5, 0.6) is 0 Å². The number of allylic oxidation sites excluding steroid dienone is 3. The van der Waals surface area contributed by atoms with E-state index in [-0.39, 0.29) is 11.4 Å². The molecule has 0 spiro atoms. The molecule has 0 saturated heterocycles. The minimum atomic E-state index is 0.0416. The first kappa shape index (κ1) is 14.4. The van der Waals surface area contributed by atoms with Crippen LogP contribution in [0.3, 0.4) is 0 Å². The Hall–Kier alpha value is -1.05. The third-order valence-corrected chi connectivity index (χ3v) is 4.57. The van der Waals surface area contributed by atoms with Crippen LogP contribution in [-0.2, 0) is 4.79 Å². The quantitative estimate of drug-likeness (QED) is 0.813. The molecule has 0 aromatic heterocycles. The molecule has 0 heterocycles. The fraction of sp³-hybridized carbons (Fsp3) is 0.706. The van der Waals surface area contributed by atoms with E-state index in [1.54, 1.807) is 0 Å². The van der Waals surface area contributed by atoms with Gasteiger partial charge in [0.15, 0.2) is 0 Å². The number of amides is 1. The summed E-state index contributed by atoms with van der Waals surface area (Å²) in [6.07, 6.45) is 12.1. The van der Waals surface area contributed by atoms with Crippen molar-refractivity contribution in [1.82, 2.24) is 5.32 Å². The van der Waals surface area contributed by atoms with Gasteiger partial charge in [0.05, 0.1) is 0 Å². The van der Waals surface area contributed by atoms with Crippen LogP contribution in [0, 0.1) is 5.92 Å². The van der Waals surface area contributed by atoms with Gasteiger partial charge in [0.2, 0.25) is 5.91 Å². The SMILES string of the molecule is CC1=C(CC(=O)NC2(C)CCCCC2)CC(C)C=C1. The van der Waals surface area contributed by atoms with Gasteiger partial charge in [0.1, 0.15) is 0 Å². The summed E-state index contributed by atoms with van der Waals surface area (Å²) in [7, 11) is 0. The van der Waals surface area contributed by atoms with Crippen LogP contribution in [0.25, 0.3) is 0 Å². The Morgan fingerprint density at radius 2 is 2.05 bits per heavy atom. The first-order valence-electron chi connectivity index (χ1n) is 7.66. The summed E-state index contributed by atoms with van der Waals surface area (Å²) in [4.78, 5) is 12.3.